The first-order valence-corrected chi connectivity index (χ1v) is 10.9. The largest absolute Gasteiger partial charge is 0.492 e. The summed E-state index contributed by atoms with van der Waals surface area (Å²) in [6.07, 6.45) is 1.85. The van der Waals surface area contributed by atoms with Gasteiger partial charge >= 0.3 is 0 Å². The molecule has 0 aliphatic carbocycles. The Morgan fingerprint density at radius 1 is 1.25 bits per heavy atom. The van der Waals surface area contributed by atoms with Gasteiger partial charge in [-0.1, -0.05) is 23.2 Å². The van der Waals surface area contributed by atoms with Crippen molar-refractivity contribution in [2.45, 2.75) is 32.2 Å². The second-order valence-corrected chi connectivity index (χ2v) is 8.33. The van der Waals surface area contributed by atoms with Crippen LogP contribution in [0.25, 0.3) is 0 Å². The third kappa shape index (κ3) is 5.69. The zero-order valence-electron chi connectivity index (χ0n) is 17.5. The van der Waals surface area contributed by atoms with E-state index in [1.54, 1.807) is 25.1 Å². The van der Waals surface area contributed by atoms with E-state index in [9.17, 15) is 19.7 Å². The van der Waals surface area contributed by atoms with Crippen LogP contribution in [-0.4, -0.2) is 47.4 Å². The lowest BCUT2D eigenvalue weighted by atomic mass is 10.1. The molecule has 3 rings (SSSR count). The molecule has 1 unspecified atom stereocenters. The Morgan fingerprint density at radius 2 is 2.03 bits per heavy atom. The zero-order valence-corrected chi connectivity index (χ0v) is 19.0. The molecule has 0 radical (unpaired) electrons. The number of rotatable bonds is 8. The van der Waals surface area contributed by atoms with Crippen molar-refractivity contribution in [3.05, 3.63) is 67.7 Å². The van der Waals surface area contributed by atoms with Gasteiger partial charge in [0.15, 0.2) is 0 Å². The summed E-state index contributed by atoms with van der Waals surface area (Å²) in [6, 6.07) is 8.64. The van der Waals surface area contributed by atoms with Gasteiger partial charge in [0.1, 0.15) is 11.8 Å². The number of halogens is 2. The SMILES string of the molecule is Cc1cc(C(=O)N2CCCC2C(=O)NCCCOc2ccc(Cl)cc2Cl)ccc1[N+](=O)[O-]. The molecule has 8 nitrogen and oxygen atoms in total. The number of carbonyl (C=O) groups is 2. The lowest BCUT2D eigenvalue weighted by Crippen LogP contribution is -2.46. The van der Waals surface area contributed by atoms with Crippen molar-refractivity contribution in [1.82, 2.24) is 10.2 Å². The minimum Gasteiger partial charge on any atom is -0.492 e. The van der Waals surface area contributed by atoms with E-state index in [4.69, 9.17) is 27.9 Å². The van der Waals surface area contributed by atoms with Crippen LogP contribution in [0.2, 0.25) is 10.0 Å². The molecule has 0 spiro atoms. The van der Waals surface area contributed by atoms with Crippen LogP contribution >= 0.6 is 23.2 Å². The summed E-state index contributed by atoms with van der Waals surface area (Å²) < 4.78 is 5.60. The van der Waals surface area contributed by atoms with Crippen LogP contribution in [0.5, 0.6) is 5.75 Å². The fraction of sp³-hybridized carbons (Fsp3) is 0.364. The quantitative estimate of drug-likeness (QED) is 0.343. The van der Waals surface area contributed by atoms with Gasteiger partial charge in [-0.15, -0.1) is 0 Å². The van der Waals surface area contributed by atoms with Crippen LogP contribution in [0.3, 0.4) is 0 Å². The van der Waals surface area contributed by atoms with E-state index >= 15 is 0 Å². The molecule has 1 aliphatic rings. The number of nitro benzene ring substituents is 1. The maximum atomic E-state index is 12.9. The summed E-state index contributed by atoms with van der Waals surface area (Å²) in [7, 11) is 0. The summed E-state index contributed by atoms with van der Waals surface area (Å²) in [5.74, 6) is -0.00582. The molecule has 1 atom stereocenters. The topological polar surface area (TPSA) is 102 Å². The molecule has 32 heavy (non-hydrogen) atoms. The van der Waals surface area contributed by atoms with Crippen LogP contribution in [0.4, 0.5) is 5.69 Å². The van der Waals surface area contributed by atoms with Crippen molar-refractivity contribution in [3.63, 3.8) is 0 Å². The lowest BCUT2D eigenvalue weighted by Gasteiger charge is -2.24. The minimum atomic E-state index is -0.565. The highest BCUT2D eigenvalue weighted by atomic mass is 35.5. The van der Waals surface area contributed by atoms with Gasteiger partial charge < -0.3 is 15.0 Å². The number of nitro groups is 1. The number of amides is 2. The Morgan fingerprint density at radius 3 is 2.72 bits per heavy atom. The van der Waals surface area contributed by atoms with E-state index in [2.05, 4.69) is 5.32 Å². The number of nitrogens with one attached hydrogen (secondary N) is 1. The summed E-state index contributed by atoms with van der Waals surface area (Å²) in [5.41, 5.74) is 0.697. The molecule has 2 amide bonds. The Bertz CT molecular complexity index is 1030. The molecule has 0 saturated carbocycles. The average Bonchev–Trinajstić information content (AvgIpc) is 3.24. The highest BCUT2D eigenvalue weighted by Crippen LogP contribution is 2.27. The molecule has 10 heteroatoms. The molecule has 1 heterocycles. The van der Waals surface area contributed by atoms with Gasteiger partial charge in [-0.3, -0.25) is 19.7 Å². The normalized spacial score (nSPS) is 15.5. The van der Waals surface area contributed by atoms with Crippen molar-refractivity contribution in [2.24, 2.45) is 0 Å². The van der Waals surface area contributed by atoms with Crippen LogP contribution < -0.4 is 10.1 Å². The predicted octanol–water partition coefficient (Wildman–Crippen LogP) is 4.40. The monoisotopic (exact) mass is 479 g/mol. The van der Waals surface area contributed by atoms with E-state index in [-0.39, 0.29) is 17.5 Å². The predicted molar refractivity (Wildman–Crippen MR) is 121 cm³/mol. The number of benzene rings is 2. The van der Waals surface area contributed by atoms with Crippen molar-refractivity contribution in [3.8, 4) is 5.75 Å². The smallest absolute Gasteiger partial charge is 0.272 e. The maximum Gasteiger partial charge on any atom is 0.272 e. The third-order valence-corrected chi connectivity index (χ3v) is 5.76. The van der Waals surface area contributed by atoms with Gasteiger partial charge in [0.2, 0.25) is 5.91 Å². The van der Waals surface area contributed by atoms with E-state index in [1.165, 1.54) is 23.1 Å². The average molecular weight is 480 g/mol. The molecule has 1 fully saturated rings. The molecular weight excluding hydrogens is 457 g/mol. The second kappa shape index (κ2) is 10.7. The number of nitrogens with zero attached hydrogens (tertiary/aromatic N) is 2. The minimum absolute atomic E-state index is 0.0422. The first-order valence-electron chi connectivity index (χ1n) is 10.2. The van der Waals surface area contributed by atoms with Crippen LogP contribution in [0, 0.1) is 17.0 Å². The van der Waals surface area contributed by atoms with Gasteiger partial charge in [-0.2, -0.15) is 0 Å². The maximum absolute atomic E-state index is 12.9. The Balaban J connectivity index is 1.51. The number of likely N-dealkylation sites (tertiary alicyclic amines) is 1. The first-order chi connectivity index (χ1) is 15.3. The third-order valence-electron chi connectivity index (χ3n) is 5.23. The molecule has 1 N–H and O–H groups in total. The van der Waals surface area contributed by atoms with Gasteiger partial charge in [-0.05, 0) is 56.5 Å². The fourth-order valence-corrected chi connectivity index (χ4v) is 4.08. The standard InChI is InChI=1S/C22H23Cl2N3O5/c1-14-12-15(5-7-18(14)27(30)31)22(29)26-10-2-4-19(26)21(28)25-9-3-11-32-20-8-6-16(23)13-17(20)24/h5-8,12-13,19H,2-4,9-11H2,1H3,(H,25,28). The zero-order chi connectivity index (χ0) is 23.3. The van der Waals surface area contributed by atoms with E-state index in [1.807, 2.05) is 0 Å². The number of hydrogen-bond donors (Lipinski definition) is 1. The summed E-state index contributed by atoms with van der Waals surface area (Å²) in [4.78, 5) is 37.6. The molecule has 1 aliphatic heterocycles. The fourth-order valence-electron chi connectivity index (χ4n) is 3.62. The van der Waals surface area contributed by atoms with E-state index in [0.29, 0.717) is 65.9 Å². The number of ether oxygens (including phenoxy) is 1. The number of carbonyl (C=O) groups excluding carboxylic acids is 2. The van der Waals surface area contributed by atoms with Crippen molar-refractivity contribution >= 4 is 40.7 Å². The molecule has 0 aromatic heterocycles. The van der Waals surface area contributed by atoms with Gasteiger partial charge in [0.05, 0.1) is 16.6 Å². The second-order valence-electron chi connectivity index (χ2n) is 7.48. The van der Waals surface area contributed by atoms with E-state index < -0.39 is 11.0 Å². The molecule has 2 aromatic rings. The number of hydrogen-bond acceptors (Lipinski definition) is 5. The van der Waals surface area contributed by atoms with Gasteiger partial charge in [0, 0.05) is 35.3 Å². The van der Waals surface area contributed by atoms with Crippen LogP contribution in [0.1, 0.15) is 35.2 Å². The van der Waals surface area contributed by atoms with Crippen molar-refractivity contribution < 1.29 is 19.2 Å². The van der Waals surface area contributed by atoms with Crippen molar-refractivity contribution in [1.29, 1.82) is 0 Å². The van der Waals surface area contributed by atoms with Crippen LogP contribution in [0.15, 0.2) is 36.4 Å². The van der Waals surface area contributed by atoms with Crippen molar-refractivity contribution in [2.75, 3.05) is 19.7 Å². The summed E-state index contributed by atoms with van der Waals surface area (Å²) in [5, 5.41) is 14.8. The molecular formula is C22H23Cl2N3O5. The Hall–Kier alpha value is -2.84. The van der Waals surface area contributed by atoms with Gasteiger partial charge in [0.25, 0.3) is 11.6 Å². The molecule has 0 bridgehead atoms. The van der Waals surface area contributed by atoms with E-state index in [0.717, 1.165) is 0 Å². The molecule has 170 valence electrons. The van der Waals surface area contributed by atoms with Crippen LogP contribution in [-0.2, 0) is 4.79 Å². The Labute approximate surface area is 195 Å². The Kier molecular flexibility index (Phi) is 7.93. The molecule has 2 aromatic carbocycles. The lowest BCUT2D eigenvalue weighted by molar-refractivity contribution is -0.385. The number of aryl methyl sites for hydroxylation is 1. The summed E-state index contributed by atoms with van der Waals surface area (Å²) in [6.45, 7) is 2.80. The first kappa shape index (κ1) is 23.8. The highest BCUT2D eigenvalue weighted by molar-refractivity contribution is 6.35. The molecule has 1 saturated heterocycles. The highest BCUT2D eigenvalue weighted by Gasteiger charge is 2.34. The van der Waals surface area contributed by atoms with Gasteiger partial charge in [-0.25, -0.2) is 0 Å². The summed E-state index contributed by atoms with van der Waals surface area (Å²) >= 11 is 11.9.